The fraction of sp³-hybridized carbons (Fsp3) is 0. The number of nitrogens with two attached hydrogens (primary N) is 1. The van der Waals surface area contributed by atoms with Gasteiger partial charge in [0.1, 0.15) is 17.2 Å². The van der Waals surface area contributed by atoms with Crippen LogP contribution in [0.25, 0.3) is 33.6 Å². The Kier molecular flexibility index (Phi) is 2.97. The Hall–Kier alpha value is -3.35. The zero-order chi connectivity index (χ0) is 15.8. The second-order valence-corrected chi connectivity index (χ2v) is 4.90. The third-order valence-corrected chi connectivity index (χ3v) is 3.47. The summed E-state index contributed by atoms with van der Waals surface area (Å²) in [5.41, 5.74) is 8.35. The van der Waals surface area contributed by atoms with Crippen molar-refractivity contribution in [3.63, 3.8) is 0 Å². The zero-order valence-electron chi connectivity index (χ0n) is 11.8. The van der Waals surface area contributed by atoms with Crippen molar-refractivity contribution in [2.24, 2.45) is 0 Å². The van der Waals surface area contributed by atoms with Gasteiger partial charge in [-0.15, -0.1) is 10.2 Å². The number of hydrogen-bond acceptors (Lipinski definition) is 6. The van der Waals surface area contributed by atoms with Crippen LogP contribution in [-0.4, -0.2) is 20.2 Å². The lowest BCUT2D eigenvalue weighted by atomic mass is 10.1. The molecule has 3 heterocycles. The SMILES string of the molecule is Nc1ncc(-c2nnco2)c2ccc(-c3cccc(F)c3)nc12. The number of benzene rings is 1. The molecular weight excluding hydrogens is 297 g/mol. The van der Waals surface area contributed by atoms with Gasteiger partial charge in [-0.3, -0.25) is 0 Å². The Bertz CT molecular complexity index is 1000. The summed E-state index contributed by atoms with van der Waals surface area (Å²) in [5.74, 6) is 0.291. The van der Waals surface area contributed by atoms with Gasteiger partial charge in [0.05, 0.1) is 11.3 Å². The van der Waals surface area contributed by atoms with Crippen LogP contribution in [0.4, 0.5) is 10.2 Å². The first-order valence-corrected chi connectivity index (χ1v) is 6.80. The number of nitrogen functional groups attached to an aromatic ring is 1. The second kappa shape index (κ2) is 5.13. The lowest BCUT2D eigenvalue weighted by molar-refractivity contribution is 0.569. The van der Waals surface area contributed by atoms with E-state index in [1.165, 1.54) is 18.5 Å². The van der Waals surface area contributed by atoms with E-state index in [4.69, 9.17) is 10.2 Å². The van der Waals surface area contributed by atoms with Crippen molar-refractivity contribution >= 4 is 16.7 Å². The van der Waals surface area contributed by atoms with Crippen LogP contribution in [0.1, 0.15) is 0 Å². The van der Waals surface area contributed by atoms with E-state index in [9.17, 15) is 4.39 Å². The first kappa shape index (κ1) is 13.3. The molecule has 4 aromatic rings. The van der Waals surface area contributed by atoms with Gasteiger partial charge in [0, 0.05) is 17.1 Å². The molecule has 6 nitrogen and oxygen atoms in total. The van der Waals surface area contributed by atoms with E-state index < -0.39 is 0 Å². The highest BCUT2D eigenvalue weighted by atomic mass is 19.1. The zero-order valence-corrected chi connectivity index (χ0v) is 11.8. The monoisotopic (exact) mass is 307 g/mol. The van der Waals surface area contributed by atoms with Crippen molar-refractivity contribution in [2.45, 2.75) is 0 Å². The molecule has 0 amide bonds. The number of rotatable bonds is 2. The van der Waals surface area contributed by atoms with E-state index in [0.29, 0.717) is 28.2 Å². The lowest BCUT2D eigenvalue weighted by Crippen LogP contribution is -1.97. The molecule has 0 saturated heterocycles. The molecule has 1 aromatic carbocycles. The first-order chi connectivity index (χ1) is 11.2. The van der Waals surface area contributed by atoms with Gasteiger partial charge in [0.2, 0.25) is 12.3 Å². The third kappa shape index (κ3) is 2.28. The lowest BCUT2D eigenvalue weighted by Gasteiger charge is -2.07. The summed E-state index contributed by atoms with van der Waals surface area (Å²) in [4.78, 5) is 8.64. The van der Waals surface area contributed by atoms with E-state index in [1.807, 2.05) is 6.07 Å². The molecule has 2 N–H and O–H groups in total. The predicted octanol–water partition coefficient (Wildman–Crippen LogP) is 3.07. The highest BCUT2D eigenvalue weighted by molar-refractivity contribution is 5.98. The van der Waals surface area contributed by atoms with Gasteiger partial charge in [-0.2, -0.15) is 0 Å². The summed E-state index contributed by atoms with van der Waals surface area (Å²) in [6.45, 7) is 0. The molecule has 3 aromatic heterocycles. The quantitative estimate of drug-likeness (QED) is 0.612. The molecule has 7 heteroatoms. The van der Waals surface area contributed by atoms with Crippen molar-refractivity contribution in [1.29, 1.82) is 0 Å². The number of halogens is 1. The van der Waals surface area contributed by atoms with Crippen molar-refractivity contribution in [3.05, 3.63) is 54.8 Å². The highest BCUT2D eigenvalue weighted by Crippen LogP contribution is 2.30. The van der Waals surface area contributed by atoms with E-state index in [2.05, 4.69) is 20.2 Å². The molecule has 0 atom stereocenters. The fourth-order valence-electron chi connectivity index (χ4n) is 2.41. The Morgan fingerprint density at radius 2 is 2.04 bits per heavy atom. The molecule has 4 rings (SSSR count). The molecule has 0 unspecified atom stereocenters. The largest absolute Gasteiger partial charge is 0.423 e. The molecule has 0 radical (unpaired) electrons. The molecule has 0 aliphatic heterocycles. The maximum atomic E-state index is 13.4. The Morgan fingerprint density at radius 3 is 2.83 bits per heavy atom. The average Bonchev–Trinajstić information content (AvgIpc) is 3.09. The second-order valence-electron chi connectivity index (χ2n) is 4.90. The number of hydrogen-bond donors (Lipinski definition) is 1. The first-order valence-electron chi connectivity index (χ1n) is 6.80. The predicted molar refractivity (Wildman–Crippen MR) is 82.6 cm³/mol. The van der Waals surface area contributed by atoms with E-state index >= 15 is 0 Å². The van der Waals surface area contributed by atoms with Crippen LogP contribution >= 0.6 is 0 Å². The summed E-state index contributed by atoms with van der Waals surface area (Å²) >= 11 is 0. The molecule has 0 spiro atoms. The van der Waals surface area contributed by atoms with Crippen molar-refractivity contribution in [3.8, 4) is 22.7 Å². The maximum Gasteiger partial charge on any atom is 0.249 e. The minimum absolute atomic E-state index is 0.279. The molecule has 0 saturated carbocycles. The van der Waals surface area contributed by atoms with E-state index in [0.717, 1.165) is 5.39 Å². The molecule has 112 valence electrons. The van der Waals surface area contributed by atoms with Crippen LogP contribution < -0.4 is 5.73 Å². The highest BCUT2D eigenvalue weighted by Gasteiger charge is 2.13. The van der Waals surface area contributed by atoms with Gasteiger partial charge in [-0.1, -0.05) is 12.1 Å². The molecule has 0 aliphatic rings. The van der Waals surface area contributed by atoms with Crippen molar-refractivity contribution in [1.82, 2.24) is 20.2 Å². The maximum absolute atomic E-state index is 13.4. The number of aromatic nitrogens is 4. The minimum atomic E-state index is -0.324. The number of anilines is 1. The fourth-order valence-corrected chi connectivity index (χ4v) is 2.41. The Labute approximate surface area is 129 Å². The van der Waals surface area contributed by atoms with Crippen LogP contribution in [-0.2, 0) is 0 Å². The van der Waals surface area contributed by atoms with Gasteiger partial charge >= 0.3 is 0 Å². The molecule has 0 bridgehead atoms. The Morgan fingerprint density at radius 1 is 1.13 bits per heavy atom. The van der Waals surface area contributed by atoms with Crippen LogP contribution in [0.15, 0.2) is 53.4 Å². The molecule has 0 aliphatic carbocycles. The summed E-state index contributed by atoms with van der Waals surface area (Å²) in [7, 11) is 0. The van der Waals surface area contributed by atoms with Crippen LogP contribution in [0, 0.1) is 5.82 Å². The third-order valence-electron chi connectivity index (χ3n) is 3.47. The number of fused-ring (bicyclic) bond motifs is 1. The smallest absolute Gasteiger partial charge is 0.249 e. The van der Waals surface area contributed by atoms with Crippen LogP contribution in [0.2, 0.25) is 0 Å². The molecule has 0 fully saturated rings. The van der Waals surface area contributed by atoms with Crippen LogP contribution in [0.3, 0.4) is 0 Å². The minimum Gasteiger partial charge on any atom is -0.423 e. The average molecular weight is 307 g/mol. The summed E-state index contributed by atoms with van der Waals surface area (Å²) in [6, 6.07) is 9.83. The summed E-state index contributed by atoms with van der Waals surface area (Å²) < 4.78 is 18.6. The normalized spacial score (nSPS) is 11.0. The topological polar surface area (TPSA) is 90.7 Å². The van der Waals surface area contributed by atoms with Crippen molar-refractivity contribution in [2.75, 3.05) is 5.73 Å². The summed E-state index contributed by atoms with van der Waals surface area (Å²) in [6.07, 6.45) is 2.81. The van der Waals surface area contributed by atoms with Crippen molar-refractivity contribution < 1.29 is 8.81 Å². The number of nitrogens with zero attached hydrogens (tertiary/aromatic N) is 4. The molecule has 23 heavy (non-hydrogen) atoms. The Balaban J connectivity index is 1.94. The van der Waals surface area contributed by atoms with Gasteiger partial charge in [0.25, 0.3) is 0 Å². The van der Waals surface area contributed by atoms with Gasteiger partial charge in [0.15, 0.2) is 0 Å². The summed E-state index contributed by atoms with van der Waals surface area (Å²) in [5, 5.41) is 8.29. The van der Waals surface area contributed by atoms with Gasteiger partial charge < -0.3 is 10.2 Å². The van der Waals surface area contributed by atoms with Gasteiger partial charge in [-0.05, 0) is 24.3 Å². The van der Waals surface area contributed by atoms with Gasteiger partial charge in [-0.25, -0.2) is 14.4 Å². The standard InChI is InChI=1S/C16H10FN5O/c17-10-3-1-2-9(6-10)13-5-4-11-12(16-22-20-8-23-16)7-19-15(18)14(11)21-13/h1-8H,(H2,18,19). The number of pyridine rings is 2. The van der Waals surface area contributed by atoms with E-state index in [-0.39, 0.29) is 11.6 Å². The van der Waals surface area contributed by atoms with E-state index in [1.54, 1.807) is 24.4 Å². The van der Waals surface area contributed by atoms with Crippen LogP contribution in [0.5, 0.6) is 0 Å². The molecular formula is C16H10FN5O.